The zero-order chi connectivity index (χ0) is 14.8. The van der Waals surface area contributed by atoms with E-state index in [2.05, 4.69) is 35.9 Å². The Balaban J connectivity index is 1.92. The number of aromatic nitrogens is 4. The van der Waals surface area contributed by atoms with Gasteiger partial charge in [0.25, 0.3) is 0 Å². The molecular weight excluding hydrogens is 352 g/mol. The summed E-state index contributed by atoms with van der Waals surface area (Å²) in [5.41, 5.74) is 1.85. The lowest BCUT2D eigenvalue weighted by Crippen LogP contribution is -1.94. The molecule has 3 rings (SSSR count). The molecule has 0 atom stereocenters. The molecule has 0 saturated carbocycles. The molecule has 108 valence electrons. The highest BCUT2D eigenvalue weighted by Crippen LogP contribution is 2.28. The lowest BCUT2D eigenvalue weighted by Gasteiger charge is -2.01. The molecule has 0 fully saturated rings. The second-order valence-corrected chi connectivity index (χ2v) is 6.15. The Morgan fingerprint density at radius 3 is 2.86 bits per heavy atom. The standard InChI is InChI=1S/C14H13BrN4OS/c1-3-12-18-11(15)7-13(19-12)21-14-16-9-5-4-8(20-2)6-10(9)17-14/h4-7H,3H2,1-2H3,(H,16,17). The van der Waals surface area contributed by atoms with Gasteiger partial charge in [-0.2, -0.15) is 0 Å². The molecule has 0 aliphatic carbocycles. The van der Waals surface area contributed by atoms with Gasteiger partial charge >= 0.3 is 0 Å². The van der Waals surface area contributed by atoms with E-state index in [1.807, 2.05) is 31.2 Å². The highest BCUT2D eigenvalue weighted by Gasteiger charge is 2.08. The number of halogens is 1. The molecule has 0 aliphatic rings. The molecule has 0 radical (unpaired) electrons. The first kappa shape index (κ1) is 14.3. The van der Waals surface area contributed by atoms with E-state index in [4.69, 9.17) is 4.74 Å². The van der Waals surface area contributed by atoms with Crippen LogP contribution in [0.5, 0.6) is 5.75 Å². The van der Waals surface area contributed by atoms with Crippen molar-refractivity contribution in [3.63, 3.8) is 0 Å². The van der Waals surface area contributed by atoms with E-state index >= 15 is 0 Å². The van der Waals surface area contributed by atoms with Crippen molar-refractivity contribution in [2.45, 2.75) is 23.5 Å². The number of nitrogens with zero attached hydrogens (tertiary/aromatic N) is 3. The third-order valence-electron chi connectivity index (χ3n) is 2.90. The van der Waals surface area contributed by atoms with Crippen molar-refractivity contribution in [2.24, 2.45) is 0 Å². The number of hydrogen-bond donors (Lipinski definition) is 1. The van der Waals surface area contributed by atoms with Crippen LogP contribution in [-0.2, 0) is 6.42 Å². The number of ether oxygens (including phenoxy) is 1. The molecule has 1 N–H and O–H groups in total. The first-order valence-corrected chi connectivity index (χ1v) is 8.04. The van der Waals surface area contributed by atoms with Gasteiger partial charge in [-0.05, 0) is 39.8 Å². The minimum atomic E-state index is 0.787. The summed E-state index contributed by atoms with van der Waals surface area (Å²) in [6.45, 7) is 2.03. The third kappa shape index (κ3) is 3.19. The summed E-state index contributed by atoms with van der Waals surface area (Å²) in [5.74, 6) is 1.62. The topological polar surface area (TPSA) is 63.7 Å². The number of hydrogen-bond acceptors (Lipinski definition) is 5. The smallest absolute Gasteiger partial charge is 0.172 e. The van der Waals surface area contributed by atoms with E-state index in [-0.39, 0.29) is 0 Å². The average molecular weight is 365 g/mol. The Morgan fingerprint density at radius 2 is 2.10 bits per heavy atom. The first-order chi connectivity index (χ1) is 10.2. The molecule has 3 aromatic rings. The van der Waals surface area contributed by atoms with E-state index in [1.54, 1.807) is 7.11 Å². The SMILES string of the molecule is CCc1nc(Br)cc(Sc2nc3ccc(OC)cc3[nH]2)n1. The minimum Gasteiger partial charge on any atom is -0.497 e. The van der Waals surface area contributed by atoms with Gasteiger partial charge in [0.1, 0.15) is 21.2 Å². The van der Waals surface area contributed by atoms with Crippen LogP contribution < -0.4 is 4.74 Å². The minimum absolute atomic E-state index is 0.787. The molecule has 0 saturated heterocycles. The maximum atomic E-state index is 5.21. The average Bonchev–Trinajstić information content (AvgIpc) is 2.87. The summed E-state index contributed by atoms with van der Waals surface area (Å²) in [7, 11) is 1.65. The van der Waals surface area contributed by atoms with Crippen LogP contribution in [0.2, 0.25) is 0 Å². The van der Waals surface area contributed by atoms with Crippen molar-refractivity contribution in [1.29, 1.82) is 0 Å². The fourth-order valence-electron chi connectivity index (χ4n) is 1.89. The molecule has 2 aromatic heterocycles. The summed E-state index contributed by atoms with van der Waals surface area (Å²) in [6, 6.07) is 7.65. The Kier molecular flexibility index (Phi) is 4.12. The maximum Gasteiger partial charge on any atom is 0.172 e. The number of rotatable bonds is 4. The molecule has 2 heterocycles. The van der Waals surface area contributed by atoms with Crippen LogP contribution in [-0.4, -0.2) is 27.0 Å². The highest BCUT2D eigenvalue weighted by molar-refractivity contribution is 9.10. The molecule has 1 aromatic carbocycles. The Morgan fingerprint density at radius 1 is 1.24 bits per heavy atom. The molecule has 0 spiro atoms. The molecule has 0 unspecified atom stereocenters. The third-order valence-corrected chi connectivity index (χ3v) is 4.11. The van der Waals surface area contributed by atoms with Crippen LogP contribution in [0.25, 0.3) is 11.0 Å². The van der Waals surface area contributed by atoms with Crippen molar-refractivity contribution >= 4 is 38.7 Å². The first-order valence-electron chi connectivity index (χ1n) is 6.43. The molecule has 0 bridgehead atoms. The molecule has 7 heteroatoms. The van der Waals surface area contributed by atoms with Crippen LogP contribution in [0.3, 0.4) is 0 Å². The van der Waals surface area contributed by atoms with E-state index in [9.17, 15) is 0 Å². The predicted molar refractivity (Wildman–Crippen MR) is 85.9 cm³/mol. The van der Waals surface area contributed by atoms with Crippen LogP contribution in [0.1, 0.15) is 12.7 Å². The molecule has 0 amide bonds. The number of aromatic amines is 1. The summed E-state index contributed by atoms with van der Waals surface area (Å²) < 4.78 is 6.00. The summed E-state index contributed by atoms with van der Waals surface area (Å²) in [6.07, 6.45) is 0.796. The van der Waals surface area contributed by atoms with Gasteiger partial charge in [0.05, 0.1) is 18.1 Å². The lowest BCUT2D eigenvalue weighted by atomic mass is 10.3. The maximum absolute atomic E-state index is 5.21. The van der Waals surface area contributed by atoms with Gasteiger partial charge < -0.3 is 9.72 Å². The predicted octanol–water partition coefficient (Wildman–Crippen LogP) is 3.84. The number of methoxy groups -OCH3 is 1. The number of benzene rings is 1. The number of nitrogens with one attached hydrogen (secondary N) is 1. The van der Waals surface area contributed by atoms with Gasteiger partial charge in [-0.15, -0.1) is 0 Å². The van der Waals surface area contributed by atoms with Crippen LogP contribution >= 0.6 is 27.7 Å². The fraction of sp³-hybridized carbons (Fsp3) is 0.214. The zero-order valence-electron chi connectivity index (χ0n) is 11.6. The van der Waals surface area contributed by atoms with Crippen LogP contribution in [0.15, 0.2) is 39.1 Å². The second kappa shape index (κ2) is 6.03. The number of aryl methyl sites for hydroxylation is 1. The van der Waals surface area contributed by atoms with Crippen molar-refractivity contribution in [2.75, 3.05) is 7.11 Å². The normalized spacial score (nSPS) is 11.0. The molecule has 0 aliphatic heterocycles. The lowest BCUT2D eigenvalue weighted by molar-refractivity contribution is 0.415. The molecule has 21 heavy (non-hydrogen) atoms. The van der Waals surface area contributed by atoms with E-state index in [1.165, 1.54) is 11.8 Å². The largest absolute Gasteiger partial charge is 0.497 e. The Labute approximate surface area is 134 Å². The zero-order valence-corrected chi connectivity index (χ0v) is 14.0. The number of imidazole rings is 1. The van der Waals surface area contributed by atoms with Gasteiger partial charge in [-0.25, -0.2) is 15.0 Å². The summed E-state index contributed by atoms with van der Waals surface area (Å²) >= 11 is 4.89. The van der Waals surface area contributed by atoms with Crippen molar-refractivity contribution in [1.82, 2.24) is 19.9 Å². The van der Waals surface area contributed by atoms with Gasteiger partial charge in [0.2, 0.25) is 0 Å². The fourth-order valence-corrected chi connectivity index (χ4v) is 3.29. The molecule has 5 nitrogen and oxygen atoms in total. The van der Waals surface area contributed by atoms with Crippen molar-refractivity contribution in [3.05, 3.63) is 34.7 Å². The number of fused-ring (bicyclic) bond motifs is 1. The van der Waals surface area contributed by atoms with Crippen molar-refractivity contribution in [3.8, 4) is 5.75 Å². The van der Waals surface area contributed by atoms with E-state index < -0.39 is 0 Å². The van der Waals surface area contributed by atoms with Gasteiger partial charge in [-0.1, -0.05) is 6.92 Å². The monoisotopic (exact) mass is 364 g/mol. The Bertz CT molecular complexity index is 790. The van der Waals surface area contributed by atoms with Gasteiger partial charge in [0.15, 0.2) is 5.16 Å². The Hall–Kier alpha value is -1.60. The van der Waals surface area contributed by atoms with Crippen molar-refractivity contribution < 1.29 is 4.74 Å². The quantitative estimate of drug-likeness (QED) is 0.712. The van der Waals surface area contributed by atoms with Gasteiger partial charge in [-0.3, -0.25) is 0 Å². The summed E-state index contributed by atoms with van der Waals surface area (Å²) in [5, 5.41) is 1.66. The highest BCUT2D eigenvalue weighted by atomic mass is 79.9. The summed E-state index contributed by atoms with van der Waals surface area (Å²) in [4.78, 5) is 16.6. The van der Waals surface area contributed by atoms with Crippen LogP contribution in [0, 0.1) is 0 Å². The van der Waals surface area contributed by atoms with Gasteiger partial charge in [0, 0.05) is 18.6 Å². The molecular formula is C14H13BrN4OS. The van der Waals surface area contributed by atoms with E-state index in [0.29, 0.717) is 0 Å². The second-order valence-electron chi connectivity index (χ2n) is 4.33. The van der Waals surface area contributed by atoms with E-state index in [0.717, 1.165) is 43.8 Å². The van der Waals surface area contributed by atoms with Crippen LogP contribution in [0.4, 0.5) is 0 Å². The number of H-pyrrole nitrogens is 1.